The van der Waals surface area contributed by atoms with Gasteiger partial charge in [0.1, 0.15) is 22.7 Å². The number of amides is 1. The molecule has 6 nitrogen and oxygen atoms in total. The Morgan fingerprint density at radius 1 is 1.24 bits per heavy atom. The van der Waals surface area contributed by atoms with Crippen molar-refractivity contribution in [2.75, 3.05) is 19.0 Å². The molecule has 130 valence electrons. The third-order valence-corrected chi connectivity index (χ3v) is 4.70. The summed E-state index contributed by atoms with van der Waals surface area (Å²) in [4.78, 5) is 22.7. The van der Waals surface area contributed by atoms with E-state index in [-0.39, 0.29) is 5.91 Å². The number of anilines is 1. The van der Waals surface area contributed by atoms with Crippen LogP contribution < -0.4 is 15.4 Å². The second-order valence-corrected chi connectivity index (χ2v) is 6.83. The summed E-state index contributed by atoms with van der Waals surface area (Å²) in [6.07, 6.45) is 1.93. The van der Waals surface area contributed by atoms with Gasteiger partial charge in [0.05, 0.1) is 12.5 Å². The highest BCUT2D eigenvalue weighted by molar-refractivity contribution is 7.18. The van der Waals surface area contributed by atoms with Crippen molar-refractivity contribution in [1.29, 1.82) is 0 Å². The maximum Gasteiger partial charge on any atom is 0.222 e. The largest absolute Gasteiger partial charge is 0.497 e. The topological polar surface area (TPSA) is 76.1 Å². The van der Waals surface area contributed by atoms with Gasteiger partial charge >= 0.3 is 0 Å². The first-order valence-corrected chi connectivity index (χ1v) is 8.82. The lowest BCUT2D eigenvalue weighted by atomic mass is 10.2. The van der Waals surface area contributed by atoms with Crippen LogP contribution in [0.1, 0.15) is 16.9 Å². The number of thiophene rings is 1. The van der Waals surface area contributed by atoms with E-state index in [2.05, 4.69) is 26.7 Å². The van der Waals surface area contributed by atoms with Crippen LogP contribution in [0.5, 0.6) is 5.75 Å². The van der Waals surface area contributed by atoms with Gasteiger partial charge in [-0.2, -0.15) is 0 Å². The van der Waals surface area contributed by atoms with Gasteiger partial charge in [-0.3, -0.25) is 4.79 Å². The molecule has 0 saturated heterocycles. The molecule has 1 aromatic carbocycles. The summed E-state index contributed by atoms with van der Waals surface area (Å²) in [6.45, 7) is 3.07. The van der Waals surface area contributed by atoms with Crippen molar-refractivity contribution in [3.05, 3.63) is 47.1 Å². The van der Waals surface area contributed by atoms with Crippen LogP contribution in [0.25, 0.3) is 10.2 Å². The van der Waals surface area contributed by atoms with Crippen LogP contribution in [0, 0.1) is 6.92 Å². The van der Waals surface area contributed by atoms with Gasteiger partial charge in [0.15, 0.2) is 0 Å². The number of ether oxygens (including phenoxy) is 1. The quantitative estimate of drug-likeness (QED) is 0.680. The Morgan fingerprint density at radius 2 is 2.04 bits per heavy atom. The maximum absolute atomic E-state index is 12.0. The summed E-state index contributed by atoms with van der Waals surface area (Å²) in [7, 11) is 1.63. The summed E-state index contributed by atoms with van der Waals surface area (Å²) in [5, 5.41) is 7.14. The van der Waals surface area contributed by atoms with Crippen molar-refractivity contribution in [1.82, 2.24) is 15.3 Å². The molecule has 3 aromatic rings. The molecule has 3 rings (SSSR count). The van der Waals surface area contributed by atoms with Gasteiger partial charge in [-0.05, 0) is 30.7 Å². The molecule has 1 amide bonds. The zero-order valence-corrected chi connectivity index (χ0v) is 15.0. The molecule has 0 saturated carbocycles. The summed E-state index contributed by atoms with van der Waals surface area (Å²) < 4.78 is 5.12. The lowest BCUT2D eigenvalue weighted by molar-refractivity contribution is -0.121. The lowest BCUT2D eigenvalue weighted by Crippen LogP contribution is -2.25. The van der Waals surface area contributed by atoms with E-state index in [9.17, 15) is 4.79 Å². The molecule has 2 heterocycles. The molecule has 25 heavy (non-hydrogen) atoms. The lowest BCUT2D eigenvalue weighted by Gasteiger charge is -2.08. The van der Waals surface area contributed by atoms with E-state index in [1.165, 1.54) is 4.88 Å². The van der Waals surface area contributed by atoms with Crippen LogP contribution >= 0.6 is 11.3 Å². The molecule has 0 aliphatic rings. The molecule has 0 atom stereocenters. The number of nitrogens with zero attached hydrogens (tertiary/aromatic N) is 2. The molecule has 0 aliphatic carbocycles. The fraction of sp³-hybridized carbons (Fsp3) is 0.278. The highest BCUT2D eigenvalue weighted by Gasteiger charge is 2.07. The Kier molecular flexibility index (Phi) is 5.45. The van der Waals surface area contributed by atoms with E-state index in [1.54, 1.807) is 24.8 Å². The van der Waals surface area contributed by atoms with Crippen molar-refractivity contribution in [2.24, 2.45) is 0 Å². The van der Waals surface area contributed by atoms with Gasteiger partial charge < -0.3 is 15.4 Å². The number of aromatic nitrogens is 2. The van der Waals surface area contributed by atoms with Crippen molar-refractivity contribution < 1.29 is 9.53 Å². The number of benzene rings is 1. The molecule has 0 aliphatic heterocycles. The number of hydrogen-bond acceptors (Lipinski definition) is 6. The first-order chi connectivity index (χ1) is 12.2. The number of hydrogen-bond donors (Lipinski definition) is 2. The minimum absolute atomic E-state index is 0.00452. The second-order valence-electron chi connectivity index (χ2n) is 5.60. The predicted molar refractivity (Wildman–Crippen MR) is 100 cm³/mol. The second kappa shape index (κ2) is 7.94. The van der Waals surface area contributed by atoms with E-state index in [0.717, 1.165) is 27.3 Å². The molecule has 2 N–H and O–H groups in total. The van der Waals surface area contributed by atoms with Crippen molar-refractivity contribution in [2.45, 2.75) is 19.9 Å². The van der Waals surface area contributed by atoms with Gasteiger partial charge in [-0.15, -0.1) is 11.3 Å². The Labute approximate surface area is 150 Å². The van der Waals surface area contributed by atoms with Gasteiger partial charge in [-0.25, -0.2) is 9.97 Å². The van der Waals surface area contributed by atoms with Crippen LogP contribution in [0.15, 0.2) is 36.7 Å². The Bertz CT molecular complexity index is 861. The number of carbonyl (C=O) groups is 1. The average Bonchev–Trinajstić information content (AvgIpc) is 3.01. The van der Waals surface area contributed by atoms with E-state index in [4.69, 9.17) is 4.74 Å². The highest BCUT2D eigenvalue weighted by atomic mass is 32.1. The zero-order valence-electron chi connectivity index (χ0n) is 14.2. The third kappa shape index (κ3) is 4.45. The Morgan fingerprint density at radius 3 is 2.80 bits per heavy atom. The van der Waals surface area contributed by atoms with Crippen molar-refractivity contribution in [3.63, 3.8) is 0 Å². The van der Waals surface area contributed by atoms with Gasteiger partial charge in [0, 0.05) is 24.4 Å². The average molecular weight is 356 g/mol. The Hall–Kier alpha value is -2.67. The molecular formula is C18H20N4O2S. The predicted octanol–water partition coefficient (Wildman–Crippen LogP) is 3.13. The minimum Gasteiger partial charge on any atom is -0.497 e. The summed E-state index contributed by atoms with van der Waals surface area (Å²) in [6, 6.07) is 9.70. The van der Waals surface area contributed by atoms with Crippen LogP contribution in [0.3, 0.4) is 0 Å². The summed E-state index contributed by atoms with van der Waals surface area (Å²) in [5.74, 6) is 1.58. The van der Waals surface area contributed by atoms with Crippen LogP contribution in [-0.4, -0.2) is 29.5 Å². The number of aryl methyl sites for hydroxylation is 1. The molecule has 7 heteroatoms. The van der Waals surface area contributed by atoms with Gasteiger partial charge in [-0.1, -0.05) is 12.1 Å². The summed E-state index contributed by atoms with van der Waals surface area (Å²) >= 11 is 1.64. The van der Waals surface area contributed by atoms with E-state index >= 15 is 0 Å². The van der Waals surface area contributed by atoms with Gasteiger partial charge in [0.25, 0.3) is 0 Å². The Balaban J connectivity index is 1.47. The van der Waals surface area contributed by atoms with Crippen LogP contribution in [-0.2, 0) is 11.3 Å². The fourth-order valence-electron chi connectivity index (χ4n) is 2.44. The number of rotatable bonds is 7. The molecule has 0 radical (unpaired) electrons. The number of carbonyl (C=O) groups excluding carboxylic acids is 1. The molecule has 2 aromatic heterocycles. The molecule has 0 spiro atoms. The van der Waals surface area contributed by atoms with E-state index < -0.39 is 0 Å². The number of fused-ring (bicyclic) bond motifs is 1. The fourth-order valence-corrected chi connectivity index (χ4v) is 3.29. The van der Waals surface area contributed by atoms with E-state index in [1.807, 2.05) is 31.2 Å². The first kappa shape index (κ1) is 17.2. The third-order valence-electron chi connectivity index (χ3n) is 3.75. The molecule has 0 bridgehead atoms. The smallest absolute Gasteiger partial charge is 0.222 e. The minimum atomic E-state index is -0.00452. The van der Waals surface area contributed by atoms with Crippen molar-refractivity contribution in [3.8, 4) is 5.75 Å². The highest BCUT2D eigenvalue weighted by Crippen LogP contribution is 2.27. The van der Waals surface area contributed by atoms with Gasteiger partial charge in [0.2, 0.25) is 5.91 Å². The zero-order chi connectivity index (χ0) is 17.6. The van der Waals surface area contributed by atoms with Crippen molar-refractivity contribution >= 4 is 33.3 Å². The monoisotopic (exact) mass is 356 g/mol. The number of nitrogens with one attached hydrogen (secondary N) is 2. The maximum atomic E-state index is 12.0. The van der Waals surface area contributed by atoms with E-state index in [0.29, 0.717) is 19.5 Å². The molecule has 0 fully saturated rings. The number of methoxy groups -OCH3 is 1. The SMILES string of the molecule is COc1ccc(CNC(=O)CCNc2ncnc3sc(C)cc23)cc1. The van der Waals surface area contributed by atoms with Crippen LogP contribution in [0.2, 0.25) is 0 Å². The molecule has 0 unspecified atom stereocenters. The normalized spacial score (nSPS) is 10.6. The first-order valence-electron chi connectivity index (χ1n) is 8.00. The molecular weight excluding hydrogens is 336 g/mol. The standard InChI is InChI=1S/C18H20N4O2S/c1-12-9-15-17(21-11-22-18(15)25-12)19-8-7-16(23)20-10-13-3-5-14(24-2)6-4-13/h3-6,9,11H,7-8,10H2,1-2H3,(H,20,23)(H,19,21,22). The van der Waals surface area contributed by atoms with Crippen LogP contribution in [0.4, 0.5) is 5.82 Å². The summed E-state index contributed by atoms with van der Waals surface area (Å²) in [5.41, 5.74) is 1.04.